The molecule has 1 N–H and O–H groups in total. The summed E-state index contributed by atoms with van der Waals surface area (Å²) in [5.74, 6) is -0.338. The smallest absolute Gasteiger partial charge is 0.412 e. The number of allylic oxidation sites excluding steroid dienone is 1. The Morgan fingerprint density at radius 3 is 2.58 bits per heavy atom. The van der Waals surface area contributed by atoms with E-state index >= 15 is 0 Å². The van der Waals surface area contributed by atoms with Gasteiger partial charge in [0.1, 0.15) is 11.4 Å². The zero-order chi connectivity index (χ0) is 14.6. The van der Waals surface area contributed by atoms with E-state index in [9.17, 15) is 9.18 Å². The topological polar surface area (TPSA) is 38.3 Å². The molecule has 19 heavy (non-hydrogen) atoms. The van der Waals surface area contributed by atoms with Crippen molar-refractivity contribution in [2.24, 2.45) is 0 Å². The molecule has 0 radical (unpaired) electrons. The van der Waals surface area contributed by atoms with E-state index in [1.165, 1.54) is 12.1 Å². The van der Waals surface area contributed by atoms with Crippen LogP contribution in [0, 0.1) is 5.82 Å². The minimum absolute atomic E-state index is 0.149. The Labute approximate surface area is 117 Å². The molecule has 0 saturated carbocycles. The van der Waals surface area contributed by atoms with Crippen molar-refractivity contribution in [3.8, 4) is 0 Å². The predicted octanol–water partition coefficient (Wildman–Crippen LogP) is 4.42. The van der Waals surface area contributed by atoms with Crippen molar-refractivity contribution in [3.05, 3.63) is 36.2 Å². The lowest BCUT2D eigenvalue weighted by atomic mass is 10.1. The first-order valence-corrected chi connectivity index (χ1v) is 6.30. The van der Waals surface area contributed by atoms with Crippen molar-refractivity contribution in [2.75, 3.05) is 11.2 Å². The Kier molecular flexibility index (Phi) is 4.95. The highest BCUT2D eigenvalue weighted by Gasteiger charge is 2.16. The molecule has 1 aromatic carbocycles. The van der Waals surface area contributed by atoms with Crippen LogP contribution in [-0.4, -0.2) is 17.6 Å². The molecule has 1 rings (SSSR count). The Morgan fingerprint density at radius 2 is 2.11 bits per heavy atom. The van der Waals surface area contributed by atoms with E-state index in [1.807, 2.05) is 0 Å². The highest BCUT2D eigenvalue weighted by Crippen LogP contribution is 2.21. The summed E-state index contributed by atoms with van der Waals surface area (Å²) in [6, 6.07) is 4.30. The monoisotopic (exact) mass is 285 g/mol. The largest absolute Gasteiger partial charge is 0.444 e. The molecule has 0 spiro atoms. The fraction of sp³-hybridized carbons (Fsp3) is 0.357. The van der Waals surface area contributed by atoms with E-state index in [1.54, 1.807) is 26.8 Å². The van der Waals surface area contributed by atoms with Crippen molar-refractivity contribution in [3.63, 3.8) is 0 Å². The third-order valence-electron chi connectivity index (χ3n) is 2.16. The summed E-state index contributed by atoms with van der Waals surface area (Å²) in [4.78, 5) is 11.5. The Bertz CT molecular complexity index is 495. The summed E-state index contributed by atoms with van der Waals surface area (Å²) < 4.78 is 18.8. The van der Waals surface area contributed by atoms with Crippen molar-refractivity contribution in [1.82, 2.24) is 0 Å². The number of benzene rings is 1. The van der Waals surface area contributed by atoms with Gasteiger partial charge in [0.05, 0.1) is 0 Å². The predicted molar refractivity (Wildman–Crippen MR) is 76.0 cm³/mol. The van der Waals surface area contributed by atoms with Gasteiger partial charge >= 0.3 is 6.09 Å². The van der Waals surface area contributed by atoms with Gasteiger partial charge < -0.3 is 4.74 Å². The van der Waals surface area contributed by atoms with E-state index in [-0.39, 0.29) is 5.88 Å². The second-order valence-corrected chi connectivity index (χ2v) is 5.33. The minimum Gasteiger partial charge on any atom is -0.444 e. The molecule has 0 fully saturated rings. The fourth-order valence-electron chi connectivity index (χ4n) is 1.37. The quantitative estimate of drug-likeness (QED) is 0.835. The lowest BCUT2D eigenvalue weighted by Gasteiger charge is -2.19. The minimum atomic E-state index is -0.629. The summed E-state index contributed by atoms with van der Waals surface area (Å²) in [7, 11) is 0. The molecule has 0 atom stereocenters. The van der Waals surface area contributed by atoms with Crippen LogP contribution in [0.2, 0.25) is 0 Å². The number of halogens is 2. The van der Waals surface area contributed by atoms with Crippen LogP contribution < -0.4 is 5.32 Å². The van der Waals surface area contributed by atoms with Crippen molar-refractivity contribution < 1.29 is 13.9 Å². The number of hydrogen-bond acceptors (Lipinski definition) is 2. The number of rotatable bonds is 3. The van der Waals surface area contributed by atoms with Crippen molar-refractivity contribution in [1.29, 1.82) is 0 Å². The van der Waals surface area contributed by atoms with Crippen LogP contribution in [0.5, 0.6) is 0 Å². The summed E-state index contributed by atoms with van der Waals surface area (Å²) in [5.41, 5.74) is 0.542. The molecule has 0 aliphatic carbocycles. The molecular weight excluding hydrogens is 269 g/mol. The molecule has 1 amide bonds. The van der Waals surface area contributed by atoms with Gasteiger partial charge in [-0.3, -0.25) is 5.32 Å². The summed E-state index contributed by atoms with van der Waals surface area (Å²) in [6.07, 6.45) is -0.629. The molecule has 0 aliphatic rings. The van der Waals surface area contributed by atoms with Gasteiger partial charge in [-0.1, -0.05) is 6.58 Å². The summed E-state index contributed by atoms with van der Waals surface area (Å²) in [5, 5.41) is 2.46. The maximum Gasteiger partial charge on any atom is 0.412 e. The van der Waals surface area contributed by atoms with Crippen LogP contribution in [-0.2, 0) is 4.74 Å². The zero-order valence-electron chi connectivity index (χ0n) is 11.2. The van der Waals surface area contributed by atoms with Gasteiger partial charge in [0.2, 0.25) is 0 Å². The van der Waals surface area contributed by atoms with Gasteiger partial charge in [-0.2, -0.15) is 0 Å². The molecule has 0 saturated heterocycles. The van der Waals surface area contributed by atoms with Crippen molar-refractivity contribution >= 4 is 29.0 Å². The molecule has 0 bridgehead atoms. The van der Waals surface area contributed by atoms with Gasteiger partial charge in [-0.05, 0) is 44.5 Å². The van der Waals surface area contributed by atoms with Crippen LogP contribution in [0.4, 0.5) is 14.9 Å². The van der Waals surface area contributed by atoms with E-state index in [4.69, 9.17) is 16.3 Å². The van der Waals surface area contributed by atoms with E-state index in [2.05, 4.69) is 11.9 Å². The molecule has 0 unspecified atom stereocenters. The fourth-order valence-corrected chi connectivity index (χ4v) is 1.52. The second-order valence-electron chi connectivity index (χ2n) is 5.06. The first kappa shape index (κ1) is 15.5. The molecule has 1 aromatic rings. The molecule has 0 heterocycles. The van der Waals surface area contributed by atoms with Gasteiger partial charge in [-0.15, -0.1) is 11.6 Å². The standard InChI is InChI=1S/C14H17ClFNO2/c1-9(8-15)11-6-5-10(7-12(11)16)17-13(18)19-14(2,3)4/h5-7H,1,8H2,2-4H3,(H,17,18). The SMILES string of the molecule is C=C(CCl)c1ccc(NC(=O)OC(C)(C)C)cc1F. The average Bonchev–Trinajstić information content (AvgIpc) is 2.25. The van der Waals surface area contributed by atoms with Crippen LogP contribution in [0.25, 0.3) is 5.57 Å². The first-order chi connectivity index (χ1) is 8.73. The number of carbonyl (C=O) groups is 1. The summed E-state index contributed by atoms with van der Waals surface area (Å²) in [6.45, 7) is 8.91. The molecular formula is C14H17ClFNO2. The van der Waals surface area contributed by atoms with Gasteiger partial charge in [0.15, 0.2) is 0 Å². The maximum atomic E-state index is 13.8. The number of amides is 1. The van der Waals surface area contributed by atoms with E-state index < -0.39 is 17.5 Å². The maximum absolute atomic E-state index is 13.8. The van der Waals surface area contributed by atoms with Crippen LogP contribution in [0.15, 0.2) is 24.8 Å². The normalized spacial score (nSPS) is 11.0. The Balaban J connectivity index is 2.79. The lowest BCUT2D eigenvalue weighted by molar-refractivity contribution is 0.0636. The highest BCUT2D eigenvalue weighted by molar-refractivity contribution is 6.23. The van der Waals surface area contributed by atoms with Gasteiger partial charge in [0, 0.05) is 17.1 Å². The van der Waals surface area contributed by atoms with Gasteiger partial charge in [0.25, 0.3) is 0 Å². The lowest BCUT2D eigenvalue weighted by Crippen LogP contribution is -2.27. The van der Waals surface area contributed by atoms with Gasteiger partial charge in [-0.25, -0.2) is 9.18 Å². The third kappa shape index (κ3) is 4.91. The number of alkyl halides is 1. The molecule has 5 heteroatoms. The average molecular weight is 286 g/mol. The van der Waals surface area contributed by atoms with Crippen LogP contribution in [0.1, 0.15) is 26.3 Å². The van der Waals surface area contributed by atoms with Crippen LogP contribution in [0.3, 0.4) is 0 Å². The molecule has 0 aromatic heterocycles. The second kappa shape index (κ2) is 6.06. The molecule has 0 aliphatic heterocycles. The zero-order valence-corrected chi connectivity index (χ0v) is 12.0. The number of ether oxygens (including phenoxy) is 1. The van der Waals surface area contributed by atoms with Crippen LogP contribution >= 0.6 is 11.6 Å². The molecule has 3 nitrogen and oxygen atoms in total. The Morgan fingerprint density at radius 1 is 1.47 bits per heavy atom. The Hall–Kier alpha value is -1.55. The number of hydrogen-bond donors (Lipinski definition) is 1. The van der Waals surface area contributed by atoms with E-state index in [0.717, 1.165) is 0 Å². The van der Waals surface area contributed by atoms with E-state index in [0.29, 0.717) is 16.8 Å². The third-order valence-corrected chi connectivity index (χ3v) is 2.48. The number of carbonyl (C=O) groups excluding carboxylic acids is 1. The highest BCUT2D eigenvalue weighted by atomic mass is 35.5. The van der Waals surface area contributed by atoms with Crippen molar-refractivity contribution in [2.45, 2.75) is 26.4 Å². The molecule has 104 valence electrons. The number of nitrogens with one attached hydrogen (secondary N) is 1. The first-order valence-electron chi connectivity index (χ1n) is 5.76. The number of anilines is 1. The summed E-state index contributed by atoms with van der Waals surface area (Å²) >= 11 is 5.60.